The fourth-order valence-electron chi connectivity index (χ4n) is 2.43. The van der Waals surface area contributed by atoms with Gasteiger partial charge in [0.05, 0.1) is 37.7 Å². The number of fused-ring (bicyclic) bond motifs is 2. The van der Waals surface area contributed by atoms with Crippen LogP contribution in [-0.2, 0) is 9.47 Å². The van der Waals surface area contributed by atoms with Crippen molar-refractivity contribution in [1.82, 2.24) is 9.97 Å². The molecule has 0 unspecified atom stereocenters. The summed E-state index contributed by atoms with van der Waals surface area (Å²) in [4.78, 5) is 8.11. The van der Waals surface area contributed by atoms with Gasteiger partial charge in [0, 0.05) is 23.2 Å². The first kappa shape index (κ1) is 25.5. The molecule has 1 saturated heterocycles. The summed E-state index contributed by atoms with van der Waals surface area (Å²) in [5.41, 5.74) is 1.64. The summed E-state index contributed by atoms with van der Waals surface area (Å²) < 4.78 is 12.9. The first-order chi connectivity index (χ1) is 12.8. The van der Waals surface area contributed by atoms with Gasteiger partial charge in [-0.2, -0.15) is 0 Å². The van der Waals surface area contributed by atoms with Gasteiger partial charge in [-0.1, -0.05) is 12.1 Å². The van der Waals surface area contributed by atoms with Crippen LogP contribution in [0.15, 0.2) is 61.2 Å². The normalized spacial score (nSPS) is 12.6. The Morgan fingerprint density at radius 2 is 1.07 bits per heavy atom. The predicted octanol–water partition coefficient (Wildman–Crippen LogP) is -5.93. The van der Waals surface area contributed by atoms with Crippen molar-refractivity contribution in [3.05, 3.63) is 61.2 Å². The van der Waals surface area contributed by atoms with E-state index in [2.05, 4.69) is 9.97 Å². The molecule has 4 aromatic heterocycles. The summed E-state index contributed by atoms with van der Waals surface area (Å²) in [6.45, 7) is 3.11. The van der Waals surface area contributed by atoms with Crippen LogP contribution in [0.4, 0.5) is 0 Å². The minimum Gasteiger partial charge on any atom is -0.613 e. The molecule has 4 aromatic rings. The Morgan fingerprint density at radius 3 is 1.39 bits per heavy atom. The van der Waals surface area contributed by atoms with E-state index in [-0.39, 0.29) is 59.1 Å². The minimum absolute atomic E-state index is 0. The monoisotopic (exact) mass is 390 g/mol. The molecular weight excluding hydrogens is 372 g/mol. The van der Waals surface area contributed by atoms with Gasteiger partial charge in [-0.3, -0.25) is 0 Å². The third-order valence-corrected chi connectivity index (χ3v) is 3.70. The molecule has 0 N–H and O–H groups in total. The molecule has 0 bridgehead atoms. The number of nitrogens with zero attached hydrogens (tertiary/aromatic N) is 4. The average molecular weight is 390 g/mol. The van der Waals surface area contributed by atoms with E-state index in [1.165, 1.54) is 8.96 Å². The topological polar surface area (TPSA) is 54.4 Å². The van der Waals surface area contributed by atoms with E-state index < -0.39 is 0 Å². The molecule has 0 atom stereocenters. The molecule has 0 amide bonds. The fraction of sp³-hybridized carbons (Fsp3) is 0.222. The molecule has 130 valence electrons. The van der Waals surface area contributed by atoms with Gasteiger partial charge < -0.3 is 34.4 Å². The molecule has 0 spiro atoms. The van der Waals surface area contributed by atoms with Gasteiger partial charge in [0.1, 0.15) is 0 Å². The Bertz CT molecular complexity index is 877. The molecule has 0 aromatic carbocycles. The van der Waals surface area contributed by atoms with E-state index >= 15 is 0 Å². The zero-order chi connectivity index (χ0) is 18.2. The van der Waals surface area contributed by atoms with Crippen molar-refractivity contribution in [2.75, 3.05) is 26.4 Å². The number of ether oxygens (including phenoxy) is 2. The van der Waals surface area contributed by atoms with Crippen LogP contribution in [0.5, 0.6) is 0 Å². The second-order valence-corrected chi connectivity index (χ2v) is 5.50. The van der Waals surface area contributed by atoms with Gasteiger partial charge in [-0.15, -0.1) is 0 Å². The van der Waals surface area contributed by atoms with Crippen molar-refractivity contribution in [2.45, 2.75) is 0 Å². The van der Waals surface area contributed by atoms with Crippen molar-refractivity contribution >= 4 is 38.0 Å². The SMILES string of the molecule is C1COCCO1.[B-][n+]1cccc2cc[n-]c21.[B-][n+]1cccc2cc[n-]c21.[Na+].[Na+]. The molecule has 5 heterocycles. The molecule has 1 aliphatic heterocycles. The smallest absolute Gasteiger partial charge is 0.613 e. The Balaban J connectivity index is 0.000000209. The largest absolute Gasteiger partial charge is 1.00 e. The van der Waals surface area contributed by atoms with Crippen LogP contribution < -0.4 is 78.0 Å². The summed E-state index contributed by atoms with van der Waals surface area (Å²) in [7, 11) is 11.1. The summed E-state index contributed by atoms with van der Waals surface area (Å²) in [5, 5.41) is 2.15. The maximum Gasteiger partial charge on any atom is 1.00 e. The van der Waals surface area contributed by atoms with Gasteiger partial charge in [0.15, 0.2) is 0 Å². The van der Waals surface area contributed by atoms with Crippen LogP contribution in [0.1, 0.15) is 0 Å². The third-order valence-electron chi connectivity index (χ3n) is 3.70. The predicted molar refractivity (Wildman–Crippen MR) is 98.9 cm³/mol. The van der Waals surface area contributed by atoms with Crippen LogP contribution in [0.25, 0.3) is 22.1 Å². The maximum atomic E-state index is 5.55. The van der Waals surface area contributed by atoms with Crippen LogP contribution in [0, 0.1) is 0 Å². The first-order valence-electron chi connectivity index (χ1n) is 8.25. The molecule has 0 aliphatic carbocycles. The summed E-state index contributed by atoms with van der Waals surface area (Å²) in [5.74, 6) is 0. The van der Waals surface area contributed by atoms with Crippen molar-refractivity contribution in [1.29, 1.82) is 0 Å². The second-order valence-electron chi connectivity index (χ2n) is 5.50. The Labute approximate surface area is 211 Å². The first-order valence-corrected chi connectivity index (χ1v) is 8.25. The van der Waals surface area contributed by atoms with E-state index in [0.29, 0.717) is 0 Å². The molecule has 6 nitrogen and oxygen atoms in total. The zero-order valence-electron chi connectivity index (χ0n) is 16.4. The van der Waals surface area contributed by atoms with Gasteiger partial charge in [-0.05, 0) is 36.7 Å². The van der Waals surface area contributed by atoms with E-state index in [9.17, 15) is 0 Å². The van der Waals surface area contributed by atoms with Crippen LogP contribution in [0.2, 0.25) is 0 Å². The number of aromatic nitrogens is 4. The number of pyridine rings is 2. The summed E-state index contributed by atoms with van der Waals surface area (Å²) in [6.07, 6.45) is 7.03. The standard InChI is InChI=1S/2C7H5BN2.C4H8O2.2Na/c2*8-10-5-1-2-6-3-4-9-7(6)10;1-2-6-4-3-5-1;;/h2*1-5H;1-4H2;;/q2*-1;;2*+1. The van der Waals surface area contributed by atoms with Crippen molar-refractivity contribution in [3.63, 3.8) is 0 Å². The number of hydrogen-bond acceptors (Lipinski definition) is 2. The quantitative estimate of drug-likeness (QED) is 0.281. The Hall–Kier alpha value is -0.570. The average Bonchev–Trinajstić information content (AvgIpc) is 3.35. The Kier molecular flexibility index (Phi) is 12.4. The van der Waals surface area contributed by atoms with E-state index in [1.807, 2.05) is 36.4 Å². The van der Waals surface area contributed by atoms with Crippen molar-refractivity contribution in [2.24, 2.45) is 0 Å². The van der Waals surface area contributed by atoms with Gasteiger partial charge in [-0.25, -0.2) is 9.97 Å². The summed E-state index contributed by atoms with van der Waals surface area (Å²) in [6, 6.07) is 11.6. The maximum absolute atomic E-state index is 5.55. The van der Waals surface area contributed by atoms with Crippen LogP contribution >= 0.6 is 0 Å². The van der Waals surface area contributed by atoms with Crippen molar-refractivity contribution in [3.8, 4) is 0 Å². The van der Waals surface area contributed by atoms with Gasteiger partial charge >= 0.3 is 59.1 Å². The molecule has 5 rings (SSSR count). The third kappa shape index (κ3) is 7.35. The molecule has 10 heteroatoms. The fourth-order valence-corrected chi connectivity index (χ4v) is 2.43. The molecule has 6 radical (unpaired) electrons. The van der Waals surface area contributed by atoms with Gasteiger partial charge in [0.25, 0.3) is 0 Å². The van der Waals surface area contributed by atoms with Crippen LogP contribution in [-0.4, -0.2) is 42.4 Å². The summed E-state index contributed by atoms with van der Waals surface area (Å²) >= 11 is 0. The molecule has 28 heavy (non-hydrogen) atoms. The van der Waals surface area contributed by atoms with E-state index in [0.717, 1.165) is 48.5 Å². The van der Waals surface area contributed by atoms with Crippen molar-refractivity contribution < 1.29 is 77.5 Å². The van der Waals surface area contributed by atoms with E-state index in [4.69, 9.17) is 25.4 Å². The molecular formula is C18H18B2N4Na2O2. The van der Waals surface area contributed by atoms with E-state index in [1.54, 1.807) is 24.8 Å². The number of hydrogen-bond donors (Lipinski definition) is 0. The Morgan fingerprint density at radius 1 is 0.679 bits per heavy atom. The molecule has 0 saturated carbocycles. The van der Waals surface area contributed by atoms with Crippen LogP contribution in [0.3, 0.4) is 0 Å². The number of rotatable bonds is 0. The molecule has 1 aliphatic rings. The second kappa shape index (κ2) is 13.6. The zero-order valence-corrected chi connectivity index (χ0v) is 20.4. The van der Waals surface area contributed by atoms with Gasteiger partial charge in [0.2, 0.25) is 0 Å². The molecule has 1 fully saturated rings. The minimum atomic E-state index is 0.